The summed E-state index contributed by atoms with van der Waals surface area (Å²) >= 11 is 0. The molecule has 3 aromatic heterocycles. The zero-order valence-corrected chi connectivity index (χ0v) is 41.7. The van der Waals surface area contributed by atoms with Gasteiger partial charge in [0.2, 0.25) is 0 Å². The molecule has 0 amide bonds. The summed E-state index contributed by atoms with van der Waals surface area (Å²) in [5.74, 6) is 0.563. The Morgan fingerprint density at radius 3 is 0.938 bits per heavy atom. The number of aromatic nitrogens is 3. The van der Waals surface area contributed by atoms with Gasteiger partial charge in [0.15, 0.2) is 28.4 Å². The van der Waals surface area contributed by atoms with Gasteiger partial charge in [-0.05, 0) is 177 Å². The van der Waals surface area contributed by atoms with Gasteiger partial charge in [0.25, 0.3) is 0 Å². The van der Waals surface area contributed by atoms with E-state index >= 15 is 0 Å². The van der Waals surface area contributed by atoms with E-state index in [2.05, 4.69) is 57.6 Å². The summed E-state index contributed by atoms with van der Waals surface area (Å²) in [4.78, 5) is 23.6. The minimum Gasteiger partial charge on any atom is -0.307 e. The second-order valence-corrected chi connectivity index (χ2v) is 18.8. The number of fused-ring (bicyclic) bond motifs is 6. The van der Waals surface area contributed by atoms with E-state index in [9.17, 15) is 21.0 Å². The van der Waals surface area contributed by atoms with Crippen LogP contribution in [0.2, 0.25) is 0 Å². The van der Waals surface area contributed by atoms with Crippen molar-refractivity contribution in [2.24, 2.45) is 0 Å². The SMILES string of the molecule is [C-]#[N+]c1ccc(-c2cc(-n3c4ccc(-c5cc(C#N)cc([N+]#[C-])c5)cc4c4cc(-c5cc(C#N)cc([N+]#[C-])c5)ccc43)ncc2-n2c3ccc(-c4cc(C#N)cc([N+]#[C-])c4)cc3c3cc(-c4cc(C#N)cc([N+]#[C-])c4)ccc32)cc1. The van der Waals surface area contributed by atoms with E-state index in [1.165, 1.54) is 0 Å². The second kappa shape index (κ2) is 19.4. The van der Waals surface area contributed by atoms with Crippen LogP contribution in [-0.2, 0) is 0 Å². The first-order valence-electron chi connectivity index (χ1n) is 24.5. The summed E-state index contributed by atoms with van der Waals surface area (Å²) in [7, 11) is 0. The van der Waals surface area contributed by atoms with Gasteiger partial charge in [0, 0.05) is 49.4 Å². The highest BCUT2D eigenvalue weighted by Gasteiger charge is 2.22. The molecule has 80 heavy (non-hydrogen) atoms. The molecule has 0 aliphatic rings. The van der Waals surface area contributed by atoms with Crippen molar-refractivity contribution >= 4 is 72.0 Å². The van der Waals surface area contributed by atoms with Crippen molar-refractivity contribution in [2.75, 3.05) is 0 Å². The summed E-state index contributed by atoms with van der Waals surface area (Å²) in [6.45, 7) is 38.9. The van der Waals surface area contributed by atoms with Crippen molar-refractivity contribution in [1.82, 2.24) is 14.1 Å². The van der Waals surface area contributed by atoms with E-state index < -0.39 is 0 Å². The van der Waals surface area contributed by atoms with E-state index in [1.54, 1.807) is 84.9 Å². The number of benzene rings is 9. The largest absolute Gasteiger partial charge is 0.307 e. The smallest absolute Gasteiger partial charge is 0.189 e. The summed E-state index contributed by atoms with van der Waals surface area (Å²) in [6.07, 6.45) is 1.84. The first-order chi connectivity index (χ1) is 39.1. The van der Waals surface area contributed by atoms with E-state index in [0.717, 1.165) is 77.0 Å². The van der Waals surface area contributed by atoms with Gasteiger partial charge >= 0.3 is 0 Å². The molecule has 0 N–H and O–H groups in total. The highest BCUT2D eigenvalue weighted by molar-refractivity contribution is 6.13. The highest BCUT2D eigenvalue weighted by atomic mass is 15.1. The number of pyridine rings is 1. The van der Waals surface area contributed by atoms with Crippen LogP contribution >= 0.6 is 0 Å². The highest BCUT2D eigenvalue weighted by Crippen LogP contribution is 2.44. The van der Waals surface area contributed by atoms with Gasteiger partial charge in [-0.25, -0.2) is 29.2 Å². The maximum atomic E-state index is 9.94. The lowest BCUT2D eigenvalue weighted by Crippen LogP contribution is -2.03. The molecule has 362 valence electrons. The van der Waals surface area contributed by atoms with Gasteiger partial charge in [-0.15, -0.1) is 0 Å². The zero-order valence-electron chi connectivity index (χ0n) is 41.7. The predicted octanol–water partition coefficient (Wildman–Crippen LogP) is 17.9. The van der Waals surface area contributed by atoms with Crippen molar-refractivity contribution in [2.45, 2.75) is 0 Å². The van der Waals surface area contributed by atoms with Crippen LogP contribution < -0.4 is 0 Å². The van der Waals surface area contributed by atoms with Gasteiger partial charge in [-0.1, -0.05) is 48.5 Å². The van der Waals surface area contributed by atoms with Crippen LogP contribution in [0.1, 0.15) is 22.3 Å². The van der Waals surface area contributed by atoms with Gasteiger partial charge in [-0.3, -0.25) is 4.57 Å². The maximum Gasteiger partial charge on any atom is 0.189 e. The molecular weight excluding hydrogens is 985 g/mol. The van der Waals surface area contributed by atoms with Crippen LogP contribution in [0.15, 0.2) is 182 Å². The molecule has 0 saturated heterocycles. The van der Waals surface area contributed by atoms with Crippen LogP contribution in [0.25, 0.3) is 135 Å². The summed E-state index contributed by atoms with van der Waals surface area (Å²) < 4.78 is 4.22. The molecule has 0 bridgehead atoms. The molecule has 0 saturated carbocycles. The lowest BCUT2D eigenvalue weighted by molar-refractivity contribution is 1.06. The molecule has 0 atom stereocenters. The number of hydrogen-bond acceptors (Lipinski definition) is 5. The average molecular weight is 1020 g/mol. The fourth-order valence-electron chi connectivity index (χ4n) is 10.6. The third kappa shape index (κ3) is 8.26. The first kappa shape index (κ1) is 48.1. The Labute approximate surface area is 457 Å². The van der Waals surface area contributed by atoms with E-state index in [-0.39, 0.29) is 0 Å². The van der Waals surface area contributed by atoms with E-state index in [4.69, 9.17) is 37.8 Å². The summed E-state index contributed by atoms with van der Waals surface area (Å²) in [6, 6.07) is 62.5. The predicted molar refractivity (Wildman–Crippen MR) is 310 cm³/mol. The molecule has 12 rings (SSSR count). The van der Waals surface area contributed by atoms with E-state index in [1.807, 2.05) is 97.2 Å². The molecule has 0 spiro atoms. The third-order valence-electron chi connectivity index (χ3n) is 14.2. The molecule has 0 radical (unpaired) electrons. The molecule has 12 nitrogen and oxygen atoms in total. The van der Waals surface area contributed by atoms with Crippen LogP contribution in [-0.4, -0.2) is 14.1 Å². The Balaban J connectivity index is 1.13. The molecule has 0 unspecified atom stereocenters. The van der Waals surface area contributed by atoms with Crippen molar-refractivity contribution in [1.29, 1.82) is 21.0 Å². The first-order valence-corrected chi connectivity index (χ1v) is 24.5. The lowest BCUT2D eigenvalue weighted by atomic mass is 9.98. The minimum absolute atomic E-state index is 0.335. The summed E-state index contributed by atoms with van der Waals surface area (Å²) in [5, 5.41) is 43.1. The Kier molecular flexibility index (Phi) is 11.7. The molecule has 3 heterocycles. The van der Waals surface area contributed by atoms with Gasteiger partial charge in [-0.2, -0.15) is 21.0 Å². The topological polar surface area (TPSA) is 140 Å². The van der Waals surface area contributed by atoms with Crippen molar-refractivity contribution in [3.63, 3.8) is 0 Å². The Bertz CT molecular complexity index is 4730. The minimum atomic E-state index is 0.335. The molecule has 9 aromatic carbocycles. The number of nitriles is 4. The molecule has 12 aromatic rings. The van der Waals surface area contributed by atoms with Crippen LogP contribution in [0.4, 0.5) is 28.4 Å². The Morgan fingerprint density at radius 1 is 0.312 bits per heavy atom. The Morgan fingerprint density at radius 2 is 0.625 bits per heavy atom. The molecule has 12 heteroatoms. The van der Waals surface area contributed by atoms with Crippen molar-refractivity contribution in [3.05, 3.63) is 261 Å². The molecule has 0 aliphatic carbocycles. The number of nitrogens with zero attached hydrogens (tertiary/aromatic N) is 12. The third-order valence-corrected chi connectivity index (χ3v) is 14.2. The fraction of sp³-hybridized carbons (Fsp3) is 0. The molecule has 0 aliphatic heterocycles. The van der Waals surface area contributed by atoms with Crippen molar-refractivity contribution < 1.29 is 0 Å². The number of hydrogen-bond donors (Lipinski definition) is 0. The Hall–Kier alpha value is -12.9. The fourth-order valence-corrected chi connectivity index (χ4v) is 10.6. The van der Waals surface area contributed by atoms with Crippen LogP contribution in [0.5, 0.6) is 0 Å². The van der Waals surface area contributed by atoms with Gasteiger partial charge in [0.05, 0.1) is 91.1 Å². The average Bonchev–Trinajstić information content (AvgIpc) is 4.23. The van der Waals surface area contributed by atoms with Crippen molar-refractivity contribution in [3.8, 4) is 91.4 Å². The number of rotatable bonds is 7. The maximum absolute atomic E-state index is 9.94. The zero-order chi connectivity index (χ0) is 55.2. The molecule has 0 fully saturated rings. The normalized spacial score (nSPS) is 10.6. The standard InChI is InChI=1S/C68H30N12/c1-73-53-12-6-44(7-13-53)58-34-68(80-65-16-10-47(51-20-42(37-71)24-56(28-51)76-4)32-61(65)62-33-48(11-17-66(62)80)52-21-43(38-72)25-57(29-52)77-5)78-39-67(58)79-63-14-8-45(49-18-40(35-69)22-54(26-49)74-2)30-59(63)60-31-46(9-15-64(60)79)50-19-41(36-70)23-55(27-50)75-3/h6-34,39H. The van der Waals surface area contributed by atoms with Gasteiger partial charge in [0.1, 0.15) is 5.82 Å². The van der Waals surface area contributed by atoms with Gasteiger partial charge < -0.3 is 4.57 Å². The quantitative estimate of drug-likeness (QED) is 0.146. The summed E-state index contributed by atoms with van der Waals surface area (Å²) in [5.41, 5.74) is 14.6. The molecular formula is C68H30N12. The van der Waals surface area contributed by atoms with Crippen LogP contribution in [0.3, 0.4) is 0 Å². The monoisotopic (exact) mass is 1010 g/mol. The van der Waals surface area contributed by atoms with Crippen LogP contribution in [0, 0.1) is 78.2 Å². The lowest BCUT2D eigenvalue weighted by Gasteiger charge is -2.17. The second-order valence-electron chi connectivity index (χ2n) is 18.8. The van der Waals surface area contributed by atoms with E-state index in [0.29, 0.717) is 84.4 Å².